The van der Waals surface area contributed by atoms with Crippen LogP contribution in [0.3, 0.4) is 0 Å². The van der Waals surface area contributed by atoms with Crippen molar-refractivity contribution in [2.24, 2.45) is 0 Å². The molecule has 1 rings (SSSR count). The van der Waals surface area contributed by atoms with Crippen molar-refractivity contribution in [1.29, 1.82) is 0 Å². The maximum Gasteiger partial charge on any atom is 0.408 e. The normalized spacial score (nSPS) is 19.4. The van der Waals surface area contributed by atoms with Crippen LogP contribution < -0.4 is 10.6 Å². The van der Waals surface area contributed by atoms with Gasteiger partial charge in [-0.15, -0.1) is 0 Å². The lowest BCUT2D eigenvalue weighted by Crippen LogP contribution is -2.45. The molecular weight excluding hydrogens is 234 g/mol. The SMILES string of the molecule is CN(C(=O)CNC(=O)OC(C)(C)C)[C@@H]1CCNC1. The van der Waals surface area contributed by atoms with Crippen molar-refractivity contribution < 1.29 is 14.3 Å². The molecule has 1 aliphatic heterocycles. The molecule has 0 aliphatic carbocycles. The van der Waals surface area contributed by atoms with Crippen LogP contribution in [0.4, 0.5) is 4.79 Å². The Morgan fingerprint density at radius 2 is 2.11 bits per heavy atom. The van der Waals surface area contributed by atoms with Gasteiger partial charge in [-0.25, -0.2) is 4.79 Å². The smallest absolute Gasteiger partial charge is 0.408 e. The second-order valence-electron chi connectivity index (χ2n) is 5.51. The van der Waals surface area contributed by atoms with Crippen LogP contribution in [0.2, 0.25) is 0 Å². The number of hydrogen-bond acceptors (Lipinski definition) is 4. The van der Waals surface area contributed by atoms with E-state index in [2.05, 4.69) is 10.6 Å². The fraction of sp³-hybridized carbons (Fsp3) is 0.833. The lowest BCUT2D eigenvalue weighted by Gasteiger charge is -2.24. The molecule has 0 unspecified atom stereocenters. The number of nitrogens with one attached hydrogen (secondary N) is 2. The monoisotopic (exact) mass is 257 g/mol. The molecule has 0 spiro atoms. The molecule has 2 N–H and O–H groups in total. The zero-order valence-corrected chi connectivity index (χ0v) is 11.6. The standard InChI is InChI=1S/C12H23N3O3/c1-12(2,3)18-11(17)14-8-10(16)15(4)9-5-6-13-7-9/h9,13H,5-8H2,1-4H3,(H,14,17)/t9-/m1/s1. The number of rotatable bonds is 3. The third kappa shape index (κ3) is 4.91. The van der Waals surface area contributed by atoms with Gasteiger partial charge < -0.3 is 20.3 Å². The van der Waals surface area contributed by atoms with E-state index in [1.54, 1.807) is 32.7 Å². The molecule has 0 aromatic heterocycles. The minimum Gasteiger partial charge on any atom is -0.444 e. The van der Waals surface area contributed by atoms with Crippen molar-refractivity contribution in [3.8, 4) is 0 Å². The first-order valence-electron chi connectivity index (χ1n) is 6.23. The minimum absolute atomic E-state index is 0.0259. The Morgan fingerprint density at radius 3 is 2.61 bits per heavy atom. The van der Waals surface area contributed by atoms with E-state index in [9.17, 15) is 9.59 Å². The Balaban J connectivity index is 2.29. The highest BCUT2D eigenvalue weighted by atomic mass is 16.6. The first kappa shape index (κ1) is 14.8. The number of carbonyl (C=O) groups excluding carboxylic acids is 2. The van der Waals surface area contributed by atoms with Gasteiger partial charge in [-0.05, 0) is 33.7 Å². The third-order valence-electron chi connectivity index (χ3n) is 2.76. The first-order chi connectivity index (χ1) is 8.29. The maximum absolute atomic E-state index is 11.8. The number of amides is 2. The van der Waals surface area contributed by atoms with E-state index in [0.717, 1.165) is 19.5 Å². The summed E-state index contributed by atoms with van der Waals surface area (Å²) in [6, 6.07) is 0.220. The van der Waals surface area contributed by atoms with Gasteiger partial charge in [0.05, 0.1) is 0 Å². The number of nitrogens with zero attached hydrogens (tertiary/aromatic N) is 1. The molecule has 0 bridgehead atoms. The van der Waals surface area contributed by atoms with E-state index < -0.39 is 11.7 Å². The van der Waals surface area contributed by atoms with Crippen molar-refractivity contribution >= 4 is 12.0 Å². The predicted octanol–water partition coefficient (Wildman–Crippen LogP) is 0.331. The number of hydrogen-bond donors (Lipinski definition) is 2. The van der Waals surface area contributed by atoms with Gasteiger partial charge in [0.25, 0.3) is 0 Å². The average Bonchev–Trinajstić information content (AvgIpc) is 2.75. The molecule has 0 saturated carbocycles. The predicted molar refractivity (Wildman–Crippen MR) is 68.3 cm³/mol. The molecule has 1 aliphatic rings. The minimum atomic E-state index is -0.561. The van der Waals surface area contributed by atoms with Crippen LogP contribution >= 0.6 is 0 Å². The van der Waals surface area contributed by atoms with Gasteiger partial charge in [0.1, 0.15) is 12.1 Å². The summed E-state index contributed by atoms with van der Waals surface area (Å²) >= 11 is 0. The Bertz CT molecular complexity index is 306. The van der Waals surface area contributed by atoms with Crippen LogP contribution in [0.15, 0.2) is 0 Å². The second kappa shape index (κ2) is 6.04. The summed E-state index contributed by atoms with van der Waals surface area (Å²) in [5.41, 5.74) is -0.547. The summed E-state index contributed by atoms with van der Waals surface area (Å²) in [5.74, 6) is -0.102. The van der Waals surface area contributed by atoms with Gasteiger partial charge in [-0.1, -0.05) is 0 Å². The molecule has 6 nitrogen and oxygen atoms in total. The highest BCUT2D eigenvalue weighted by Crippen LogP contribution is 2.07. The topological polar surface area (TPSA) is 70.7 Å². The van der Waals surface area contributed by atoms with Gasteiger partial charge in [0.2, 0.25) is 5.91 Å². The number of likely N-dealkylation sites (N-methyl/N-ethyl adjacent to an activating group) is 1. The Kier molecular flexibility index (Phi) is 4.95. The molecule has 2 amide bonds. The van der Waals surface area contributed by atoms with Crippen molar-refractivity contribution in [1.82, 2.24) is 15.5 Å². The molecule has 6 heteroatoms. The van der Waals surface area contributed by atoms with Gasteiger partial charge in [-0.3, -0.25) is 4.79 Å². The van der Waals surface area contributed by atoms with Gasteiger partial charge >= 0.3 is 6.09 Å². The lowest BCUT2D eigenvalue weighted by molar-refractivity contribution is -0.130. The van der Waals surface area contributed by atoms with Crippen molar-refractivity contribution in [3.63, 3.8) is 0 Å². The number of ether oxygens (including phenoxy) is 1. The van der Waals surface area contributed by atoms with E-state index in [0.29, 0.717) is 0 Å². The number of carbonyl (C=O) groups is 2. The summed E-state index contributed by atoms with van der Waals surface area (Å²) in [7, 11) is 1.76. The summed E-state index contributed by atoms with van der Waals surface area (Å²) in [6.07, 6.45) is 0.392. The molecule has 0 aromatic rings. The summed E-state index contributed by atoms with van der Waals surface area (Å²) in [6.45, 7) is 7.07. The summed E-state index contributed by atoms with van der Waals surface area (Å²) < 4.78 is 5.06. The molecule has 1 saturated heterocycles. The van der Waals surface area contributed by atoms with E-state index in [1.807, 2.05) is 0 Å². The van der Waals surface area contributed by atoms with Crippen LogP contribution in [0.1, 0.15) is 27.2 Å². The molecule has 1 fully saturated rings. The highest BCUT2D eigenvalue weighted by molar-refractivity contribution is 5.82. The molecule has 104 valence electrons. The van der Waals surface area contributed by atoms with Crippen molar-refractivity contribution in [3.05, 3.63) is 0 Å². The molecule has 18 heavy (non-hydrogen) atoms. The van der Waals surface area contributed by atoms with Crippen LogP contribution in [0.25, 0.3) is 0 Å². The van der Waals surface area contributed by atoms with E-state index in [-0.39, 0.29) is 18.5 Å². The Morgan fingerprint density at radius 1 is 1.44 bits per heavy atom. The van der Waals surface area contributed by atoms with E-state index in [1.165, 1.54) is 0 Å². The van der Waals surface area contributed by atoms with Gasteiger partial charge in [0.15, 0.2) is 0 Å². The summed E-state index contributed by atoms with van der Waals surface area (Å²) in [4.78, 5) is 24.9. The zero-order valence-electron chi connectivity index (χ0n) is 11.6. The van der Waals surface area contributed by atoms with Gasteiger partial charge in [0, 0.05) is 19.6 Å². The Hall–Kier alpha value is -1.30. The van der Waals surface area contributed by atoms with Crippen molar-refractivity contribution in [2.45, 2.75) is 38.8 Å². The highest BCUT2D eigenvalue weighted by Gasteiger charge is 2.24. The molecule has 1 heterocycles. The fourth-order valence-corrected chi connectivity index (χ4v) is 1.76. The first-order valence-corrected chi connectivity index (χ1v) is 6.23. The average molecular weight is 257 g/mol. The zero-order chi connectivity index (χ0) is 13.8. The molecule has 0 aromatic carbocycles. The quantitative estimate of drug-likeness (QED) is 0.764. The van der Waals surface area contributed by atoms with E-state index in [4.69, 9.17) is 4.74 Å². The Labute approximate surface area is 108 Å². The van der Waals surface area contributed by atoms with Gasteiger partial charge in [-0.2, -0.15) is 0 Å². The fourth-order valence-electron chi connectivity index (χ4n) is 1.76. The molecule has 1 atom stereocenters. The van der Waals surface area contributed by atoms with Crippen LogP contribution in [0, 0.1) is 0 Å². The lowest BCUT2D eigenvalue weighted by atomic mass is 10.2. The second-order valence-corrected chi connectivity index (χ2v) is 5.51. The van der Waals surface area contributed by atoms with Crippen LogP contribution in [-0.4, -0.2) is 55.2 Å². The van der Waals surface area contributed by atoms with Crippen LogP contribution in [0.5, 0.6) is 0 Å². The summed E-state index contributed by atoms with van der Waals surface area (Å²) in [5, 5.41) is 5.67. The van der Waals surface area contributed by atoms with E-state index >= 15 is 0 Å². The molecular formula is C12H23N3O3. The molecule has 0 radical (unpaired) electrons. The largest absolute Gasteiger partial charge is 0.444 e. The third-order valence-corrected chi connectivity index (χ3v) is 2.76. The van der Waals surface area contributed by atoms with Crippen molar-refractivity contribution in [2.75, 3.05) is 26.7 Å². The number of alkyl carbamates (subject to hydrolysis) is 1. The maximum atomic E-state index is 11.8. The van der Waals surface area contributed by atoms with Crippen LogP contribution in [-0.2, 0) is 9.53 Å².